The Balaban J connectivity index is 1.78. The van der Waals surface area contributed by atoms with Gasteiger partial charge in [-0.25, -0.2) is 4.98 Å². The Morgan fingerprint density at radius 1 is 1.33 bits per heavy atom. The maximum atomic E-state index is 12.7. The number of ether oxygens (including phenoxy) is 1. The van der Waals surface area contributed by atoms with E-state index in [1.807, 2.05) is 12.4 Å². The number of rotatable bonds is 4. The van der Waals surface area contributed by atoms with Crippen molar-refractivity contribution in [2.24, 2.45) is 0 Å². The van der Waals surface area contributed by atoms with Gasteiger partial charge in [0.2, 0.25) is 0 Å². The molecule has 0 spiro atoms. The van der Waals surface area contributed by atoms with Crippen LogP contribution in [0.5, 0.6) is 0 Å². The lowest BCUT2D eigenvalue weighted by Crippen LogP contribution is -2.47. The average molecular weight is 344 g/mol. The van der Waals surface area contributed by atoms with Crippen LogP contribution in [-0.2, 0) is 4.74 Å². The molecule has 1 aromatic carbocycles. The van der Waals surface area contributed by atoms with E-state index in [9.17, 15) is 4.79 Å². The number of nitrogens with zero attached hydrogens (tertiary/aromatic N) is 2. The van der Waals surface area contributed by atoms with E-state index in [0.717, 1.165) is 17.0 Å². The third kappa shape index (κ3) is 3.23. The van der Waals surface area contributed by atoms with Crippen LogP contribution in [0, 0.1) is 0 Å². The zero-order valence-corrected chi connectivity index (χ0v) is 15.5. The highest BCUT2D eigenvalue weighted by Gasteiger charge is 2.37. The van der Waals surface area contributed by atoms with Crippen molar-refractivity contribution in [1.29, 1.82) is 0 Å². The van der Waals surface area contributed by atoms with Gasteiger partial charge in [0, 0.05) is 24.6 Å². The normalized spacial score (nSPS) is 20.5. The van der Waals surface area contributed by atoms with Crippen LogP contribution in [0.2, 0.25) is 0 Å². The molecule has 128 valence electrons. The van der Waals surface area contributed by atoms with Gasteiger partial charge in [0.25, 0.3) is 5.91 Å². The molecule has 0 bridgehead atoms. The summed E-state index contributed by atoms with van der Waals surface area (Å²) in [4.78, 5) is 19.1. The van der Waals surface area contributed by atoms with Crippen LogP contribution >= 0.6 is 11.3 Å². The summed E-state index contributed by atoms with van der Waals surface area (Å²) >= 11 is 1.51. The SMILES string of the molecule is CC(C)c1ccc(-c2nc(C(=O)N(C)C3(C)CCOC3)cs2)cc1. The van der Waals surface area contributed by atoms with Crippen LogP contribution in [-0.4, -0.2) is 41.6 Å². The second-order valence-corrected chi connectivity index (χ2v) is 7.84. The minimum absolute atomic E-state index is 0.0377. The molecule has 24 heavy (non-hydrogen) atoms. The number of hydrogen-bond donors (Lipinski definition) is 0. The molecule has 1 amide bonds. The summed E-state index contributed by atoms with van der Waals surface area (Å²) in [5.74, 6) is 0.472. The average Bonchev–Trinajstić information content (AvgIpc) is 3.23. The first-order valence-electron chi connectivity index (χ1n) is 8.32. The summed E-state index contributed by atoms with van der Waals surface area (Å²) in [5.41, 5.74) is 2.64. The maximum Gasteiger partial charge on any atom is 0.273 e. The van der Waals surface area contributed by atoms with Crippen molar-refractivity contribution in [1.82, 2.24) is 9.88 Å². The number of benzene rings is 1. The van der Waals surface area contributed by atoms with Crippen molar-refractivity contribution in [2.75, 3.05) is 20.3 Å². The van der Waals surface area contributed by atoms with Gasteiger partial charge in [-0.2, -0.15) is 0 Å². The topological polar surface area (TPSA) is 42.4 Å². The minimum atomic E-state index is -0.236. The molecular weight excluding hydrogens is 320 g/mol. The second-order valence-electron chi connectivity index (χ2n) is 6.98. The Labute approximate surface area is 147 Å². The molecule has 2 heterocycles. The Morgan fingerprint density at radius 2 is 2.04 bits per heavy atom. The van der Waals surface area contributed by atoms with Gasteiger partial charge in [-0.15, -0.1) is 11.3 Å². The van der Waals surface area contributed by atoms with Gasteiger partial charge in [0.1, 0.15) is 10.7 Å². The predicted octanol–water partition coefficient (Wildman–Crippen LogP) is 4.18. The quantitative estimate of drug-likeness (QED) is 0.835. The molecule has 3 rings (SSSR count). The molecule has 1 aromatic heterocycles. The Morgan fingerprint density at radius 3 is 2.62 bits per heavy atom. The molecule has 1 unspecified atom stereocenters. The second kappa shape index (κ2) is 6.65. The number of hydrogen-bond acceptors (Lipinski definition) is 4. The van der Waals surface area contributed by atoms with E-state index in [4.69, 9.17) is 4.74 Å². The fourth-order valence-corrected chi connectivity index (χ4v) is 3.65. The first kappa shape index (κ1) is 17.1. The van der Waals surface area contributed by atoms with Crippen LogP contribution < -0.4 is 0 Å². The maximum absolute atomic E-state index is 12.7. The van der Waals surface area contributed by atoms with Gasteiger partial charge in [-0.1, -0.05) is 38.1 Å². The van der Waals surface area contributed by atoms with E-state index in [0.29, 0.717) is 24.8 Å². The lowest BCUT2D eigenvalue weighted by molar-refractivity contribution is 0.0546. The van der Waals surface area contributed by atoms with Gasteiger partial charge in [0.15, 0.2) is 0 Å². The van der Waals surface area contributed by atoms with E-state index in [-0.39, 0.29) is 11.4 Å². The van der Waals surface area contributed by atoms with E-state index in [2.05, 4.69) is 50.0 Å². The monoisotopic (exact) mass is 344 g/mol. The zero-order valence-electron chi connectivity index (χ0n) is 14.7. The van der Waals surface area contributed by atoms with Crippen molar-refractivity contribution in [3.63, 3.8) is 0 Å². The third-order valence-corrected chi connectivity index (χ3v) is 5.75. The predicted molar refractivity (Wildman–Crippen MR) is 97.6 cm³/mol. The zero-order chi connectivity index (χ0) is 17.3. The summed E-state index contributed by atoms with van der Waals surface area (Å²) < 4.78 is 5.46. The summed E-state index contributed by atoms with van der Waals surface area (Å²) in [6.07, 6.45) is 0.864. The van der Waals surface area contributed by atoms with Crippen molar-refractivity contribution in [3.8, 4) is 10.6 Å². The fraction of sp³-hybridized carbons (Fsp3) is 0.474. The molecule has 4 nitrogen and oxygen atoms in total. The van der Waals surface area contributed by atoms with Crippen LogP contribution in [0.3, 0.4) is 0 Å². The van der Waals surface area contributed by atoms with E-state index < -0.39 is 0 Å². The molecule has 0 N–H and O–H groups in total. The summed E-state index contributed by atoms with van der Waals surface area (Å²) in [6.45, 7) is 7.72. The van der Waals surface area contributed by atoms with E-state index in [1.165, 1.54) is 16.9 Å². The first-order valence-corrected chi connectivity index (χ1v) is 9.20. The Bertz CT molecular complexity index is 715. The number of carbonyl (C=O) groups excluding carboxylic acids is 1. The van der Waals surface area contributed by atoms with Crippen molar-refractivity contribution in [3.05, 3.63) is 40.9 Å². The number of likely N-dealkylation sites (N-methyl/N-ethyl adjacent to an activating group) is 1. The van der Waals surface area contributed by atoms with E-state index >= 15 is 0 Å². The lowest BCUT2D eigenvalue weighted by Gasteiger charge is -2.33. The molecule has 1 aliphatic heterocycles. The highest BCUT2D eigenvalue weighted by atomic mass is 32.1. The lowest BCUT2D eigenvalue weighted by atomic mass is 9.99. The van der Waals surface area contributed by atoms with Crippen LogP contribution in [0.4, 0.5) is 0 Å². The molecule has 1 fully saturated rings. The Hall–Kier alpha value is -1.72. The van der Waals surface area contributed by atoms with Crippen molar-refractivity contribution in [2.45, 2.75) is 38.6 Å². The van der Waals surface area contributed by atoms with Gasteiger partial charge in [-0.05, 0) is 24.8 Å². The van der Waals surface area contributed by atoms with Gasteiger partial charge < -0.3 is 9.64 Å². The highest BCUT2D eigenvalue weighted by molar-refractivity contribution is 7.13. The van der Waals surface area contributed by atoms with Gasteiger partial charge in [0.05, 0.1) is 12.1 Å². The summed E-state index contributed by atoms with van der Waals surface area (Å²) in [6, 6.07) is 8.42. The van der Waals surface area contributed by atoms with Crippen molar-refractivity contribution >= 4 is 17.2 Å². The first-order chi connectivity index (χ1) is 11.4. The third-order valence-electron chi connectivity index (χ3n) is 4.86. The number of aromatic nitrogens is 1. The summed E-state index contributed by atoms with van der Waals surface area (Å²) in [7, 11) is 1.84. The molecule has 2 aromatic rings. The molecule has 5 heteroatoms. The van der Waals surface area contributed by atoms with Crippen LogP contribution in [0.25, 0.3) is 10.6 Å². The molecule has 0 aliphatic carbocycles. The molecule has 1 aliphatic rings. The van der Waals surface area contributed by atoms with Gasteiger partial charge in [-0.3, -0.25) is 4.79 Å². The molecule has 1 atom stereocenters. The molecule has 1 saturated heterocycles. The van der Waals surface area contributed by atoms with Crippen LogP contribution in [0.1, 0.15) is 49.2 Å². The van der Waals surface area contributed by atoms with E-state index in [1.54, 1.807) is 4.90 Å². The number of thiazole rings is 1. The molecule has 0 saturated carbocycles. The minimum Gasteiger partial charge on any atom is -0.379 e. The van der Waals surface area contributed by atoms with Crippen molar-refractivity contribution < 1.29 is 9.53 Å². The fourth-order valence-electron chi connectivity index (χ4n) is 2.85. The largest absolute Gasteiger partial charge is 0.379 e. The van der Waals surface area contributed by atoms with Crippen LogP contribution in [0.15, 0.2) is 29.6 Å². The smallest absolute Gasteiger partial charge is 0.273 e. The summed E-state index contributed by atoms with van der Waals surface area (Å²) in [5, 5.41) is 2.74. The molecular formula is C19H24N2O2S. The highest BCUT2D eigenvalue weighted by Crippen LogP contribution is 2.29. The Kier molecular flexibility index (Phi) is 4.74. The molecule has 0 radical (unpaired) electrons. The van der Waals surface area contributed by atoms with Gasteiger partial charge >= 0.3 is 0 Å². The number of amides is 1. The number of carbonyl (C=O) groups is 1. The standard InChI is InChI=1S/C19H24N2O2S/c1-13(2)14-5-7-15(8-6-14)17-20-16(11-24-17)18(22)21(4)19(3)9-10-23-12-19/h5-8,11,13H,9-10,12H2,1-4H3.